The van der Waals surface area contributed by atoms with Crippen molar-refractivity contribution < 1.29 is 14.6 Å². The lowest BCUT2D eigenvalue weighted by molar-refractivity contribution is 0.0689. The quantitative estimate of drug-likeness (QED) is 0.935. The summed E-state index contributed by atoms with van der Waals surface area (Å²) in [4.78, 5) is 10.9. The first-order valence-corrected chi connectivity index (χ1v) is 5.95. The molecular formula is C13H13ClN2O3. The topological polar surface area (TPSA) is 64.3 Å². The number of carbonyl (C=O) groups is 1. The zero-order valence-electron chi connectivity index (χ0n) is 10.6. The number of aromatic nitrogens is 2. The van der Waals surface area contributed by atoms with Crippen molar-refractivity contribution in [1.29, 1.82) is 0 Å². The van der Waals surface area contributed by atoms with Crippen molar-refractivity contribution in [2.24, 2.45) is 7.05 Å². The maximum absolute atomic E-state index is 10.9. The van der Waals surface area contributed by atoms with E-state index in [1.807, 2.05) is 6.07 Å². The molecular weight excluding hydrogens is 268 g/mol. The predicted molar refractivity (Wildman–Crippen MR) is 71.3 cm³/mol. The van der Waals surface area contributed by atoms with Gasteiger partial charge in [-0.3, -0.25) is 4.68 Å². The van der Waals surface area contributed by atoms with Crippen LogP contribution in [0.15, 0.2) is 24.3 Å². The molecule has 0 fully saturated rings. The van der Waals surface area contributed by atoms with Gasteiger partial charge in [-0.15, -0.1) is 0 Å². The van der Waals surface area contributed by atoms with Gasteiger partial charge in [0.25, 0.3) is 0 Å². The van der Waals surface area contributed by atoms with Crippen molar-refractivity contribution in [1.82, 2.24) is 9.78 Å². The molecule has 0 saturated carbocycles. The molecule has 5 nitrogen and oxygen atoms in total. The molecule has 0 amide bonds. The number of aryl methyl sites for hydroxylation is 1. The number of ether oxygens (including phenoxy) is 1. The molecule has 0 atom stereocenters. The molecule has 100 valence electrons. The van der Waals surface area contributed by atoms with E-state index in [9.17, 15) is 4.79 Å². The van der Waals surface area contributed by atoms with Gasteiger partial charge in [-0.1, -0.05) is 17.7 Å². The van der Waals surface area contributed by atoms with Gasteiger partial charge in [0.05, 0.1) is 12.3 Å². The van der Waals surface area contributed by atoms with Gasteiger partial charge in [-0.2, -0.15) is 5.10 Å². The number of hydrogen-bond donors (Lipinski definition) is 1. The van der Waals surface area contributed by atoms with Crippen molar-refractivity contribution in [3.05, 3.63) is 40.5 Å². The van der Waals surface area contributed by atoms with Crippen LogP contribution in [-0.2, 0) is 18.4 Å². The van der Waals surface area contributed by atoms with Gasteiger partial charge in [0.2, 0.25) is 0 Å². The Morgan fingerprint density at radius 3 is 2.79 bits per heavy atom. The molecule has 2 rings (SSSR count). The Balaban J connectivity index is 2.56. The van der Waals surface area contributed by atoms with Crippen LogP contribution in [0.1, 0.15) is 16.1 Å². The first-order valence-electron chi connectivity index (χ1n) is 5.58. The van der Waals surface area contributed by atoms with Gasteiger partial charge in [0, 0.05) is 24.7 Å². The van der Waals surface area contributed by atoms with Crippen LogP contribution in [0.2, 0.25) is 5.02 Å². The van der Waals surface area contributed by atoms with Gasteiger partial charge in [-0.05, 0) is 23.8 Å². The van der Waals surface area contributed by atoms with E-state index in [4.69, 9.17) is 21.4 Å². The molecule has 1 aromatic heterocycles. The average Bonchev–Trinajstić information content (AvgIpc) is 2.74. The maximum Gasteiger partial charge on any atom is 0.356 e. The third kappa shape index (κ3) is 2.77. The van der Waals surface area contributed by atoms with E-state index >= 15 is 0 Å². The lowest BCUT2D eigenvalue weighted by atomic mass is 10.0. The number of carboxylic acid groups (broad SMARTS) is 1. The van der Waals surface area contributed by atoms with Crippen molar-refractivity contribution in [2.75, 3.05) is 7.11 Å². The molecule has 1 heterocycles. The number of methoxy groups -OCH3 is 1. The predicted octanol–water partition coefficient (Wildman–Crippen LogP) is 2.59. The van der Waals surface area contributed by atoms with Crippen LogP contribution in [0.4, 0.5) is 0 Å². The van der Waals surface area contributed by atoms with Gasteiger partial charge in [-0.25, -0.2) is 4.79 Å². The van der Waals surface area contributed by atoms with Gasteiger partial charge in [0.15, 0.2) is 5.69 Å². The summed E-state index contributed by atoms with van der Waals surface area (Å²) in [6, 6.07) is 6.92. The van der Waals surface area contributed by atoms with Gasteiger partial charge in [0.1, 0.15) is 0 Å². The van der Waals surface area contributed by atoms with E-state index in [1.165, 1.54) is 10.7 Å². The fraction of sp³-hybridized carbons (Fsp3) is 0.231. The summed E-state index contributed by atoms with van der Waals surface area (Å²) in [5, 5.41) is 13.5. The lowest BCUT2D eigenvalue weighted by Gasteiger charge is -2.09. The highest BCUT2D eigenvalue weighted by Gasteiger charge is 2.15. The van der Waals surface area contributed by atoms with E-state index in [2.05, 4.69) is 5.10 Å². The first kappa shape index (κ1) is 13.6. The smallest absolute Gasteiger partial charge is 0.356 e. The minimum absolute atomic E-state index is 0.000780. The number of hydrogen-bond acceptors (Lipinski definition) is 3. The summed E-state index contributed by atoms with van der Waals surface area (Å²) in [5.74, 6) is -1.06. The highest BCUT2D eigenvalue weighted by atomic mass is 35.5. The summed E-state index contributed by atoms with van der Waals surface area (Å²) in [7, 11) is 3.30. The molecule has 2 aromatic rings. The number of halogens is 1. The number of benzene rings is 1. The Hall–Kier alpha value is -1.85. The van der Waals surface area contributed by atoms with Crippen molar-refractivity contribution >= 4 is 17.6 Å². The van der Waals surface area contributed by atoms with Crippen LogP contribution in [0.25, 0.3) is 11.3 Å². The van der Waals surface area contributed by atoms with E-state index in [0.29, 0.717) is 17.3 Å². The molecule has 1 aromatic carbocycles. The van der Waals surface area contributed by atoms with Crippen molar-refractivity contribution in [3.8, 4) is 11.3 Å². The molecule has 0 unspecified atom stereocenters. The third-order valence-electron chi connectivity index (χ3n) is 2.75. The van der Waals surface area contributed by atoms with E-state index in [1.54, 1.807) is 26.3 Å². The Morgan fingerprint density at radius 1 is 1.47 bits per heavy atom. The Morgan fingerprint density at radius 2 is 2.21 bits per heavy atom. The van der Waals surface area contributed by atoms with Crippen LogP contribution >= 0.6 is 11.6 Å². The van der Waals surface area contributed by atoms with Gasteiger partial charge < -0.3 is 9.84 Å². The van der Waals surface area contributed by atoms with Crippen LogP contribution < -0.4 is 0 Å². The molecule has 1 N–H and O–H groups in total. The molecule has 19 heavy (non-hydrogen) atoms. The highest BCUT2D eigenvalue weighted by molar-refractivity contribution is 6.30. The van der Waals surface area contributed by atoms with E-state index in [-0.39, 0.29) is 5.69 Å². The number of rotatable bonds is 4. The van der Waals surface area contributed by atoms with Crippen LogP contribution in [0.5, 0.6) is 0 Å². The summed E-state index contributed by atoms with van der Waals surface area (Å²) in [6.07, 6.45) is 0. The minimum atomic E-state index is -1.06. The van der Waals surface area contributed by atoms with Crippen LogP contribution in [-0.4, -0.2) is 28.0 Å². The molecule has 6 heteroatoms. The highest BCUT2D eigenvalue weighted by Crippen LogP contribution is 2.28. The second kappa shape index (κ2) is 5.42. The Bertz CT molecular complexity index is 622. The second-order valence-electron chi connectivity index (χ2n) is 4.08. The summed E-state index contributed by atoms with van der Waals surface area (Å²) >= 11 is 6.00. The van der Waals surface area contributed by atoms with Gasteiger partial charge >= 0.3 is 5.97 Å². The fourth-order valence-electron chi connectivity index (χ4n) is 1.89. The SMILES string of the molecule is COCc1ccc(Cl)cc1-c1cc(C(=O)O)nn1C. The molecule has 0 aliphatic carbocycles. The molecule has 0 radical (unpaired) electrons. The fourth-order valence-corrected chi connectivity index (χ4v) is 2.06. The minimum Gasteiger partial charge on any atom is -0.476 e. The van der Waals surface area contributed by atoms with Crippen LogP contribution in [0.3, 0.4) is 0 Å². The van der Waals surface area contributed by atoms with E-state index < -0.39 is 5.97 Å². The second-order valence-corrected chi connectivity index (χ2v) is 4.51. The summed E-state index contributed by atoms with van der Waals surface area (Å²) in [6.45, 7) is 0.417. The normalized spacial score (nSPS) is 10.7. The zero-order valence-corrected chi connectivity index (χ0v) is 11.3. The Kier molecular flexibility index (Phi) is 3.87. The summed E-state index contributed by atoms with van der Waals surface area (Å²) in [5.41, 5.74) is 2.43. The summed E-state index contributed by atoms with van der Waals surface area (Å²) < 4.78 is 6.66. The molecule has 0 spiro atoms. The molecule has 0 aliphatic rings. The number of nitrogens with zero attached hydrogens (tertiary/aromatic N) is 2. The number of aromatic carboxylic acids is 1. The molecule has 0 bridgehead atoms. The first-order chi connectivity index (χ1) is 9.02. The lowest BCUT2D eigenvalue weighted by Crippen LogP contribution is -2.00. The van der Waals surface area contributed by atoms with Crippen molar-refractivity contribution in [2.45, 2.75) is 6.61 Å². The maximum atomic E-state index is 10.9. The Labute approximate surface area is 115 Å². The third-order valence-corrected chi connectivity index (χ3v) is 2.98. The molecule has 0 saturated heterocycles. The largest absolute Gasteiger partial charge is 0.476 e. The standard InChI is InChI=1S/C13H13ClN2O3/c1-16-12(6-11(15-16)13(17)18)10-5-9(14)4-3-8(10)7-19-2/h3-6H,7H2,1-2H3,(H,17,18). The van der Waals surface area contributed by atoms with Crippen molar-refractivity contribution in [3.63, 3.8) is 0 Å². The average molecular weight is 281 g/mol. The van der Waals surface area contributed by atoms with E-state index in [0.717, 1.165) is 11.1 Å². The number of carboxylic acids is 1. The monoisotopic (exact) mass is 280 g/mol. The van der Waals surface area contributed by atoms with Crippen LogP contribution in [0, 0.1) is 0 Å². The molecule has 0 aliphatic heterocycles. The zero-order chi connectivity index (χ0) is 14.0.